The molecular formula is C11H11FN2O. The molecule has 0 unspecified atom stereocenters. The summed E-state index contributed by atoms with van der Waals surface area (Å²) >= 11 is 0. The Morgan fingerprint density at radius 2 is 2.33 bits per heavy atom. The van der Waals surface area contributed by atoms with Crippen molar-refractivity contribution in [2.24, 2.45) is 5.41 Å². The minimum absolute atomic E-state index is 0.0448. The largest absolute Gasteiger partial charge is 0.491 e. The van der Waals surface area contributed by atoms with Crippen molar-refractivity contribution < 1.29 is 9.13 Å². The topological polar surface area (TPSA) is 45.9 Å². The third kappa shape index (κ3) is 2.44. The lowest BCUT2D eigenvalue weighted by atomic mass is 10.1. The van der Waals surface area contributed by atoms with Crippen LogP contribution in [0.3, 0.4) is 0 Å². The predicted molar refractivity (Wildman–Crippen MR) is 51.6 cm³/mol. The van der Waals surface area contributed by atoms with E-state index in [1.165, 1.54) is 12.3 Å². The molecule has 0 N–H and O–H groups in total. The summed E-state index contributed by atoms with van der Waals surface area (Å²) in [4.78, 5) is 3.49. The molecule has 0 amide bonds. The maximum absolute atomic E-state index is 12.5. The predicted octanol–water partition coefficient (Wildman–Crippen LogP) is 2.29. The summed E-state index contributed by atoms with van der Waals surface area (Å²) in [6.45, 7) is 0.522. The molecule has 2 rings (SSSR count). The quantitative estimate of drug-likeness (QED) is 0.710. The molecule has 1 fully saturated rings. The van der Waals surface area contributed by atoms with E-state index in [-0.39, 0.29) is 5.41 Å². The average molecular weight is 206 g/mol. The normalized spacial score (nSPS) is 16.8. The Morgan fingerprint density at radius 1 is 1.53 bits per heavy atom. The molecule has 1 saturated carbocycles. The van der Waals surface area contributed by atoms with Crippen LogP contribution >= 0.6 is 0 Å². The highest BCUT2D eigenvalue weighted by Crippen LogP contribution is 2.48. The fraction of sp³-hybridized carbons (Fsp3) is 0.455. The molecule has 0 bridgehead atoms. The fourth-order valence-electron chi connectivity index (χ4n) is 1.40. The number of hydrogen-bond acceptors (Lipinski definition) is 3. The Bertz CT molecular complexity index is 379. The molecule has 1 aromatic heterocycles. The van der Waals surface area contributed by atoms with Gasteiger partial charge in [0.1, 0.15) is 5.75 Å². The molecule has 0 aromatic carbocycles. The molecule has 0 spiro atoms. The number of ether oxygens (including phenoxy) is 1. The van der Waals surface area contributed by atoms with Crippen LogP contribution in [0.25, 0.3) is 0 Å². The molecule has 15 heavy (non-hydrogen) atoms. The second-order valence-electron chi connectivity index (χ2n) is 3.94. The van der Waals surface area contributed by atoms with Crippen molar-refractivity contribution in [3.05, 3.63) is 24.3 Å². The second-order valence-corrected chi connectivity index (χ2v) is 3.94. The van der Waals surface area contributed by atoms with Crippen LogP contribution < -0.4 is 4.74 Å². The molecule has 0 radical (unpaired) electrons. The number of pyridine rings is 1. The third-order valence-corrected chi connectivity index (χ3v) is 2.66. The molecule has 1 heterocycles. The van der Waals surface area contributed by atoms with E-state index in [1.54, 1.807) is 6.07 Å². The average Bonchev–Trinajstić information content (AvgIpc) is 2.99. The highest BCUT2D eigenvalue weighted by Gasteiger charge is 2.43. The lowest BCUT2D eigenvalue weighted by molar-refractivity contribution is 0.235. The molecule has 0 saturated heterocycles. The van der Waals surface area contributed by atoms with Crippen molar-refractivity contribution in [3.8, 4) is 11.8 Å². The van der Waals surface area contributed by atoms with Gasteiger partial charge in [-0.25, -0.2) is 4.98 Å². The molecular weight excluding hydrogens is 195 g/mol. The van der Waals surface area contributed by atoms with E-state index in [0.717, 1.165) is 12.8 Å². The van der Waals surface area contributed by atoms with Gasteiger partial charge in [-0.05, 0) is 25.0 Å². The van der Waals surface area contributed by atoms with Crippen molar-refractivity contribution in [1.29, 1.82) is 5.26 Å². The number of hydrogen-bond donors (Lipinski definition) is 0. The minimum Gasteiger partial charge on any atom is -0.491 e. The van der Waals surface area contributed by atoms with Crippen LogP contribution in [0.15, 0.2) is 18.3 Å². The summed E-state index contributed by atoms with van der Waals surface area (Å²) in [5.41, 5.74) is 0.0448. The van der Waals surface area contributed by atoms with Crippen LogP contribution in [0.5, 0.6) is 5.75 Å². The van der Waals surface area contributed by atoms with Crippen LogP contribution in [-0.4, -0.2) is 11.6 Å². The number of rotatable bonds is 4. The van der Waals surface area contributed by atoms with Gasteiger partial charge in [0.15, 0.2) is 0 Å². The second kappa shape index (κ2) is 3.85. The Hall–Kier alpha value is -1.63. The van der Waals surface area contributed by atoms with Gasteiger partial charge in [-0.1, -0.05) is 0 Å². The standard InChI is InChI=1S/C11H11FN2O/c12-10-2-1-9(7-14-10)15-8-11(3-4-11)5-6-13/h1-2,7H,3-5,8H2. The lowest BCUT2D eigenvalue weighted by Crippen LogP contribution is -2.12. The van der Waals surface area contributed by atoms with Crippen LogP contribution in [0.4, 0.5) is 4.39 Å². The monoisotopic (exact) mass is 206 g/mol. The SMILES string of the molecule is N#CCC1(COc2ccc(F)nc2)CC1. The van der Waals surface area contributed by atoms with Crippen molar-refractivity contribution in [2.45, 2.75) is 19.3 Å². The molecule has 0 atom stereocenters. The van der Waals surface area contributed by atoms with Gasteiger partial charge in [0.05, 0.1) is 18.9 Å². The Balaban J connectivity index is 1.88. The highest BCUT2D eigenvalue weighted by molar-refractivity contribution is 5.16. The van der Waals surface area contributed by atoms with Crippen LogP contribution in [0, 0.1) is 22.7 Å². The smallest absolute Gasteiger partial charge is 0.213 e. The van der Waals surface area contributed by atoms with E-state index >= 15 is 0 Å². The van der Waals surface area contributed by atoms with Crippen molar-refractivity contribution >= 4 is 0 Å². The van der Waals surface area contributed by atoms with Crippen molar-refractivity contribution in [2.75, 3.05) is 6.61 Å². The molecule has 1 aromatic rings. The number of nitriles is 1. The Morgan fingerprint density at radius 3 is 2.87 bits per heavy atom. The molecule has 1 aliphatic carbocycles. The summed E-state index contributed by atoms with van der Waals surface area (Å²) in [7, 11) is 0. The van der Waals surface area contributed by atoms with Gasteiger partial charge >= 0.3 is 0 Å². The van der Waals surface area contributed by atoms with Gasteiger partial charge in [0.25, 0.3) is 0 Å². The molecule has 3 nitrogen and oxygen atoms in total. The summed E-state index contributed by atoms with van der Waals surface area (Å²) < 4.78 is 17.9. The lowest BCUT2D eigenvalue weighted by Gasteiger charge is -2.12. The minimum atomic E-state index is -0.513. The highest BCUT2D eigenvalue weighted by atomic mass is 19.1. The maximum Gasteiger partial charge on any atom is 0.213 e. The summed E-state index contributed by atoms with van der Waals surface area (Å²) in [6.07, 6.45) is 3.96. The number of halogens is 1. The molecule has 78 valence electrons. The summed E-state index contributed by atoms with van der Waals surface area (Å²) in [6, 6.07) is 4.97. The first-order valence-corrected chi connectivity index (χ1v) is 4.85. The first kappa shape index (κ1) is 9.91. The van der Waals surface area contributed by atoms with Gasteiger partial charge in [-0.3, -0.25) is 0 Å². The van der Waals surface area contributed by atoms with Crippen molar-refractivity contribution in [1.82, 2.24) is 4.98 Å². The third-order valence-electron chi connectivity index (χ3n) is 2.66. The van der Waals surface area contributed by atoms with E-state index in [0.29, 0.717) is 18.8 Å². The van der Waals surface area contributed by atoms with Gasteiger partial charge < -0.3 is 4.74 Å². The van der Waals surface area contributed by atoms with Gasteiger partial charge in [0.2, 0.25) is 5.95 Å². The Kier molecular flexibility index (Phi) is 2.55. The van der Waals surface area contributed by atoms with Crippen LogP contribution in [0.1, 0.15) is 19.3 Å². The van der Waals surface area contributed by atoms with E-state index in [1.807, 2.05) is 0 Å². The summed E-state index contributed by atoms with van der Waals surface area (Å²) in [5, 5.41) is 8.61. The van der Waals surface area contributed by atoms with Crippen LogP contribution in [-0.2, 0) is 0 Å². The zero-order chi connectivity index (χ0) is 10.7. The number of aromatic nitrogens is 1. The van der Waals surface area contributed by atoms with Gasteiger partial charge in [0, 0.05) is 11.8 Å². The van der Waals surface area contributed by atoms with E-state index in [2.05, 4.69) is 11.1 Å². The summed E-state index contributed by atoms with van der Waals surface area (Å²) in [5.74, 6) is 0.0427. The molecule has 4 heteroatoms. The zero-order valence-electron chi connectivity index (χ0n) is 8.24. The first-order valence-electron chi connectivity index (χ1n) is 4.85. The van der Waals surface area contributed by atoms with E-state index < -0.39 is 5.95 Å². The fourth-order valence-corrected chi connectivity index (χ4v) is 1.40. The number of nitrogens with zero attached hydrogens (tertiary/aromatic N) is 2. The maximum atomic E-state index is 12.5. The van der Waals surface area contributed by atoms with Crippen LogP contribution in [0.2, 0.25) is 0 Å². The first-order chi connectivity index (χ1) is 7.24. The van der Waals surface area contributed by atoms with Gasteiger partial charge in [-0.2, -0.15) is 9.65 Å². The molecule has 1 aliphatic rings. The molecule has 0 aliphatic heterocycles. The Labute approximate surface area is 87.5 Å². The van der Waals surface area contributed by atoms with E-state index in [9.17, 15) is 4.39 Å². The zero-order valence-corrected chi connectivity index (χ0v) is 8.24. The van der Waals surface area contributed by atoms with E-state index in [4.69, 9.17) is 10.00 Å². The van der Waals surface area contributed by atoms with Crippen molar-refractivity contribution in [3.63, 3.8) is 0 Å². The van der Waals surface area contributed by atoms with Gasteiger partial charge in [-0.15, -0.1) is 0 Å².